The maximum Gasteiger partial charge on any atom is 0.257 e. The number of hydrogen-bond acceptors (Lipinski definition) is 4. The smallest absolute Gasteiger partial charge is 0.257 e. The Labute approximate surface area is 187 Å². The van der Waals surface area contributed by atoms with E-state index in [2.05, 4.69) is 15.1 Å². The van der Waals surface area contributed by atoms with Crippen molar-refractivity contribution in [2.45, 2.75) is 31.7 Å². The summed E-state index contributed by atoms with van der Waals surface area (Å²) >= 11 is 0. The van der Waals surface area contributed by atoms with Gasteiger partial charge in [0.1, 0.15) is 0 Å². The molecule has 5 rings (SSSR count). The molecular weight excluding hydrogens is 404 g/mol. The lowest BCUT2D eigenvalue weighted by atomic mass is 9.83. The number of benzene rings is 1. The first-order valence-corrected chi connectivity index (χ1v) is 11.2. The third kappa shape index (κ3) is 3.92. The molecule has 1 N–H and O–H groups in total. The van der Waals surface area contributed by atoms with Crippen LogP contribution in [0.3, 0.4) is 0 Å². The molecule has 0 radical (unpaired) electrons. The molecule has 0 saturated carbocycles. The van der Waals surface area contributed by atoms with Crippen LogP contribution in [-0.2, 0) is 24.7 Å². The van der Waals surface area contributed by atoms with Gasteiger partial charge in [-0.3, -0.25) is 14.3 Å². The number of H-pyrrole nitrogens is 1. The molecule has 0 spiro atoms. The van der Waals surface area contributed by atoms with Gasteiger partial charge < -0.3 is 14.8 Å². The summed E-state index contributed by atoms with van der Waals surface area (Å²) in [6.07, 6.45) is 8.04. The van der Waals surface area contributed by atoms with Crippen molar-refractivity contribution in [2.75, 3.05) is 19.6 Å². The molecule has 0 aliphatic carbocycles. The van der Waals surface area contributed by atoms with Crippen LogP contribution in [0, 0.1) is 5.92 Å². The monoisotopic (exact) mass is 432 g/mol. The summed E-state index contributed by atoms with van der Waals surface area (Å²) in [5.74, 6) is 0.431. The normalized spacial score (nSPS) is 19.1. The number of likely N-dealkylation sites (tertiary alicyclic amines) is 1. The van der Waals surface area contributed by atoms with Crippen LogP contribution in [0.4, 0.5) is 0 Å². The minimum atomic E-state index is -0.0796. The second-order valence-electron chi connectivity index (χ2n) is 8.74. The fraction of sp³-hybridized carbons (Fsp3) is 0.417. The van der Waals surface area contributed by atoms with Crippen molar-refractivity contribution in [3.8, 4) is 0 Å². The number of nitrogens with zero attached hydrogens (tertiary/aromatic N) is 5. The lowest BCUT2D eigenvalue weighted by Gasteiger charge is -2.43. The third-order valence-electron chi connectivity index (χ3n) is 6.72. The predicted molar refractivity (Wildman–Crippen MR) is 119 cm³/mol. The van der Waals surface area contributed by atoms with Gasteiger partial charge in [-0.25, -0.2) is 4.98 Å². The van der Waals surface area contributed by atoms with Gasteiger partial charge in [-0.15, -0.1) is 0 Å². The first-order chi connectivity index (χ1) is 15.6. The molecule has 1 atom stereocenters. The lowest BCUT2D eigenvalue weighted by molar-refractivity contribution is -0.132. The van der Waals surface area contributed by atoms with E-state index >= 15 is 0 Å². The highest BCUT2D eigenvalue weighted by atomic mass is 16.2. The van der Waals surface area contributed by atoms with Crippen LogP contribution in [-0.4, -0.2) is 61.0 Å². The number of imidazole rings is 1. The molecule has 166 valence electrons. The Morgan fingerprint density at radius 2 is 1.91 bits per heavy atom. The average Bonchev–Trinajstić information content (AvgIpc) is 3.47. The summed E-state index contributed by atoms with van der Waals surface area (Å²) < 4.78 is 1.66. The van der Waals surface area contributed by atoms with E-state index in [1.807, 2.05) is 47.2 Å². The van der Waals surface area contributed by atoms with Crippen LogP contribution in [0.5, 0.6) is 0 Å². The highest BCUT2D eigenvalue weighted by Crippen LogP contribution is 2.39. The zero-order valence-corrected chi connectivity index (χ0v) is 18.3. The van der Waals surface area contributed by atoms with E-state index in [1.54, 1.807) is 23.4 Å². The topological polar surface area (TPSA) is 87.1 Å². The molecule has 32 heavy (non-hydrogen) atoms. The Balaban J connectivity index is 1.31. The highest BCUT2D eigenvalue weighted by Gasteiger charge is 2.40. The van der Waals surface area contributed by atoms with Gasteiger partial charge in [0.05, 0.1) is 36.2 Å². The van der Waals surface area contributed by atoms with E-state index in [1.165, 1.54) is 0 Å². The summed E-state index contributed by atoms with van der Waals surface area (Å²) in [7, 11) is 1.82. The van der Waals surface area contributed by atoms with E-state index in [9.17, 15) is 9.59 Å². The fourth-order valence-electron chi connectivity index (χ4n) is 5.06. The van der Waals surface area contributed by atoms with Crippen LogP contribution in [0.25, 0.3) is 0 Å². The molecule has 3 aromatic rings. The number of rotatable bonds is 4. The molecule has 1 unspecified atom stereocenters. The molecule has 2 aliphatic rings. The number of nitrogens with one attached hydrogen (secondary N) is 1. The Hall–Kier alpha value is -3.42. The summed E-state index contributed by atoms with van der Waals surface area (Å²) in [5.41, 5.74) is 3.74. The highest BCUT2D eigenvalue weighted by molar-refractivity contribution is 5.94. The fourth-order valence-corrected chi connectivity index (χ4v) is 5.06. The molecule has 2 aliphatic heterocycles. The van der Waals surface area contributed by atoms with Gasteiger partial charge in [0, 0.05) is 45.0 Å². The standard InChI is InChI=1S/C24H28N6O2/c1-28-15-19(14-27-28)24(32)30-12-9-20-22(26-16-25-20)23(30)18-7-10-29(11-8-18)21(31)13-17-5-3-2-4-6-17/h2-6,14-16,18,23H,7-13H2,1H3,(H,25,26). The van der Waals surface area contributed by atoms with E-state index in [-0.39, 0.29) is 23.8 Å². The van der Waals surface area contributed by atoms with E-state index in [4.69, 9.17) is 0 Å². The van der Waals surface area contributed by atoms with Crippen LogP contribution >= 0.6 is 0 Å². The number of fused-ring (bicyclic) bond motifs is 1. The van der Waals surface area contributed by atoms with Crippen molar-refractivity contribution < 1.29 is 9.59 Å². The zero-order chi connectivity index (χ0) is 22.1. The molecule has 2 amide bonds. The molecule has 1 aromatic carbocycles. The Morgan fingerprint density at radius 1 is 1.12 bits per heavy atom. The van der Waals surface area contributed by atoms with Crippen molar-refractivity contribution in [3.05, 3.63) is 71.6 Å². The lowest BCUT2D eigenvalue weighted by Crippen LogP contribution is -2.47. The van der Waals surface area contributed by atoms with Crippen LogP contribution in [0.2, 0.25) is 0 Å². The zero-order valence-electron chi connectivity index (χ0n) is 18.3. The molecule has 8 heteroatoms. The van der Waals surface area contributed by atoms with E-state index in [0.717, 1.165) is 36.2 Å². The minimum absolute atomic E-state index is 0.000617. The Bertz CT molecular complexity index is 1100. The summed E-state index contributed by atoms with van der Waals surface area (Å²) in [4.78, 5) is 37.9. The predicted octanol–water partition coefficient (Wildman–Crippen LogP) is 2.36. The summed E-state index contributed by atoms with van der Waals surface area (Å²) in [5, 5.41) is 4.17. The van der Waals surface area contributed by atoms with Gasteiger partial charge in [0.2, 0.25) is 5.91 Å². The maximum atomic E-state index is 13.3. The molecule has 0 bridgehead atoms. The van der Waals surface area contributed by atoms with Crippen LogP contribution < -0.4 is 0 Å². The number of aromatic amines is 1. The number of amides is 2. The van der Waals surface area contributed by atoms with Crippen molar-refractivity contribution in [2.24, 2.45) is 13.0 Å². The number of piperidine rings is 1. The number of carbonyl (C=O) groups is 2. The number of carbonyl (C=O) groups excluding carboxylic acids is 2. The van der Waals surface area contributed by atoms with E-state index in [0.29, 0.717) is 31.6 Å². The third-order valence-corrected chi connectivity index (χ3v) is 6.72. The molecule has 1 saturated heterocycles. The summed E-state index contributed by atoms with van der Waals surface area (Å²) in [6.45, 7) is 2.07. The van der Waals surface area contributed by atoms with Gasteiger partial charge in [-0.2, -0.15) is 5.10 Å². The van der Waals surface area contributed by atoms with Gasteiger partial charge >= 0.3 is 0 Å². The molecular formula is C24H28N6O2. The summed E-state index contributed by atoms with van der Waals surface area (Å²) in [6, 6.07) is 9.80. The first kappa shape index (κ1) is 20.5. The van der Waals surface area contributed by atoms with Crippen molar-refractivity contribution in [1.82, 2.24) is 29.5 Å². The van der Waals surface area contributed by atoms with Crippen molar-refractivity contribution >= 4 is 11.8 Å². The minimum Gasteiger partial charge on any atom is -0.348 e. The second kappa shape index (κ2) is 8.61. The molecule has 1 fully saturated rings. The number of aryl methyl sites for hydroxylation is 1. The first-order valence-electron chi connectivity index (χ1n) is 11.2. The second-order valence-corrected chi connectivity index (χ2v) is 8.74. The number of hydrogen-bond donors (Lipinski definition) is 1. The van der Waals surface area contributed by atoms with Crippen molar-refractivity contribution in [3.63, 3.8) is 0 Å². The SMILES string of the molecule is Cn1cc(C(=O)N2CCc3[nH]cnc3C2C2CCN(C(=O)Cc3ccccc3)CC2)cn1. The van der Waals surface area contributed by atoms with Gasteiger partial charge in [0.25, 0.3) is 5.91 Å². The largest absolute Gasteiger partial charge is 0.348 e. The number of aromatic nitrogens is 4. The Morgan fingerprint density at radius 3 is 2.62 bits per heavy atom. The molecule has 4 heterocycles. The molecule has 8 nitrogen and oxygen atoms in total. The van der Waals surface area contributed by atoms with Crippen LogP contribution in [0.15, 0.2) is 49.1 Å². The van der Waals surface area contributed by atoms with Crippen LogP contribution in [0.1, 0.15) is 46.2 Å². The maximum absolute atomic E-state index is 13.3. The van der Waals surface area contributed by atoms with Gasteiger partial charge in [-0.1, -0.05) is 30.3 Å². The quantitative estimate of drug-likeness (QED) is 0.686. The molecule has 2 aromatic heterocycles. The van der Waals surface area contributed by atoms with Gasteiger partial charge in [0.15, 0.2) is 0 Å². The van der Waals surface area contributed by atoms with E-state index < -0.39 is 0 Å². The van der Waals surface area contributed by atoms with Crippen molar-refractivity contribution in [1.29, 1.82) is 0 Å². The average molecular weight is 433 g/mol. The van der Waals surface area contributed by atoms with Gasteiger partial charge in [-0.05, 0) is 24.3 Å². The Kier molecular flexibility index (Phi) is 5.51.